The molecule has 1 heterocycles. The molecule has 0 unspecified atom stereocenters. The van der Waals surface area contributed by atoms with Crippen LogP contribution in [-0.4, -0.2) is 37.5 Å². The van der Waals surface area contributed by atoms with E-state index < -0.39 is 29.2 Å². The summed E-state index contributed by atoms with van der Waals surface area (Å²) >= 11 is 0. The quantitative estimate of drug-likeness (QED) is 0.902. The summed E-state index contributed by atoms with van der Waals surface area (Å²) < 4.78 is 60.3. The van der Waals surface area contributed by atoms with Crippen LogP contribution in [0.2, 0.25) is 0 Å². The predicted molar refractivity (Wildman–Crippen MR) is 59.1 cm³/mol. The average Bonchev–Trinajstić information content (AvgIpc) is 2.25. The van der Waals surface area contributed by atoms with Gasteiger partial charge in [-0.1, -0.05) is 0 Å². The lowest BCUT2D eigenvalue weighted by atomic mass is 10.4. The van der Waals surface area contributed by atoms with Gasteiger partial charge in [0.15, 0.2) is 0 Å². The van der Waals surface area contributed by atoms with Gasteiger partial charge in [0.1, 0.15) is 10.7 Å². The maximum atomic E-state index is 12.0. The fourth-order valence-electron chi connectivity index (χ4n) is 1.13. The van der Waals surface area contributed by atoms with Gasteiger partial charge in [0, 0.05) is 19.8 Å². The van der Waals surface area contributed by atoms with E-state index in [1.165, 1.54) is 12.1 Å². The fourth-order valence-corrected chi connectivity index (χ4v) is 2.25. The highest BCUT2D eigenvalue weighted by atomic mass is 32.2. The highest BCUT2D eigenvalue weighted by molar-refractivity contribution is 7.89. The van der Waals surface area contributed by atoms with E-state index in [4.69, 9.17) is 5.73 Å². The molecule has 0 fully saturated rings. The van der Waals surface area contributed by atoms with Crippen molar-refractivity contribution >= 4 is 15.8 Å². The SMILES string of the molecule is CN(CCC(F)(F)F)S(=O)(=O)c1ccc(N)nc1. The summed E-state index contributed by atoms with van der Waals surface area (Å²) in [5, 5.41) is 0. The van der Waals surface area contributed by atoms with E-state index in [0.717, 1.165) is 13.2 Å². The summed E-state index contributed by atoms with van der Waals surface area (Å²) in [5.74, 6) is 0.131. The van der Waals surface area contributed by atoms with E-state index in [-0.39, 0.29) is 10.7 Å². The highest BCUT2D eigenvalue weighted by Crippen LogP contribution is 2.21. The Morgan fingerprint density at radius 3 is 2.44 bits per heavy atom. The number of sulfonamides is 1. The van der Waals surface area contributed by atoms with Crippen LogP contribution in [0.1, 0.15) is 6.42 Å². The maximum Gasteiger partial charge on any atom is 0.390 e. The van der Waals surface area contributed by atoms with Crippen LogP contribution in [0.4, 0.5) is 19.0 Å². The van der Waals surface area contributed by atoms with Crippen LogP contribution < -0.4 is 5.73 Å². The van der Waals surface area contributed by atoms with Crippen molar-refractivity contribution in [1.29, 1.82) is 0 Å². The molecule has 1 rings (SSSR count). The Morgan fingerprint density at radius 2 is 2.00 bits per heavy atom. The van der Waals surface area contributed by atoms with Crippen molar-refractivity contribution in [1.82, 2.24) is 9.29 Å². The third-order valence-electron chi connectivity index (χ3n) is 2.18. The number of aromatic nitrogens is 1. The van der Waals surface area contributed by atoms with Crippen molar-refractivity contribution in [2.45, 2.75) is 17.5 Å². The van der Waals surface area contributed by atoms with Crippen molar-refractivity contribution in [3.05, 3.63) is 18.3 Å². The molecule has 0 aliphatic heterocycles. The van der Waals surface area contributed by atoms with Crippen molar-refractivity contribution in [2.75, 3.05) is 19.3 Å². The number of anilines is 1. The minimum absolute atomic E-state index is 0.131. The molecule has 0 atom stereocenters. The molecule has 5 nitrogen and oxygen atoms in total. The van der Waals surface area contributed by atoms with Crippen LogP contribution in [-0.2, 0) is 10.0 Å². The Kier molecular flexibility index (Phi) is 4.17. The second-order valence-corrected chi connectivity index (χ2v) is 5.66. The number of hydrogen-bond acceptors (Lipinski definition) is 4. The van der Waals surface area contributed by atoms with Crippen LogP contribution in [0.3, 0.4) is 0 Å². The van der Waals surface area contributed by atoms with Gasteiger partial charge in [-0.15, -0.1) is 0 Å². The maximum absolute atomic E-state index is 12.0. The van der Waals surface area contributed by atoms with Crippen molar-refractivity contribution in [3.63, 3.8) is 0 Å². The molecule has 0 amide bonds. The van der Waals surface area contributed by atoms with Gasteiger partial charge < -0.3 is 5.73 Å². The number of halogens is 3. The van der Waals surface area contributed by atoms with Gasteiger partial charge in [0.2, 0.25) is 10.0 Å². The molecule has 0 saturated heterocycles. The molecule has 18 heavy (non-hydrogen) atoms. The first-order valence-electron chi connectivity index (χ1n) is 4.87. The van der Waals surface area contributed by atoms with Gasteiger partial charge in [0.25, 0.3) is 0 Å². The largest absolute Gasteiger partial charge is 0.390 e. The molecule has 0 saturated carbocycles. The Balaban J connectivity index is 2.83. The lowest BCUT2D eigenvalue weighted by molar-refractivity contribution is -0.135. The zero-order chi connectivity index (χ0) is 14.0. The Bertz CT molecular complexity index is 499. The summed E-state index contributed by atoms with van der Waals surface area (Å²) in [6.07, 6.45) is -4.59. The molecular formula is C9H12F3N3O2S. The van der Waals surface area contributed by atoms with Gasteiger partial charge in [-0.2, -0.15) is 13.2 Å². The smallest absolute Gasteiger partial charge is 0.384 e. The minimum Gasteiger partial charge on any atom is -0.384 e. The number of pyridine rings is 1. The summed E-state index contributed by atoms with van der Waals surface area (Å²) in [6, 6.07) is 2.46. The summed E-state index contributed by atoms with van der Waals surface area (Å²) in [6.45, 7) is -0.643. The molecule has 0 aromatic carbocycles. The van der Waals surface area contributed by atoms with Gasteiger partial charge in [-0.3, -0.25) is 0 Å². The van der Waals surface area contributed by atoms with Crippen molar-refractivity contribution in [2.24, 2.45) is 0 Å². The molecule has 1 aromatic heterocycles. The van der Waals surface area contributed by atoms with Crippen LogP contribution >= 0.6 is 0 Å². The lowest BCUT2D eigenvalue weighted by Gasteiger charge is -2.17. The molecule has 9 heteroatoms. The average molecular weight is 283 g/mol. The third-order valence-corrected chi connectivity index (χ3v) is 4.02. The van der Waals surface area contributed by atoms with Crippen molar-refractivity contribution < 1.29 is 21.6 Å². The highest BCUT2D eigenvalue weighted by Gasteiger charge is 2.30. The molecule has 0 aliphatic rings. The van der Waals surface area contributed by atoms with Gasteiger partial charge in [0.05, 0.1) is 6.42 Å². The standard InChI is InChI=1S/C9H12F3N3O2S/c1-15(5-4-9(10,11)12)18(16,17)7-2-3-8(13)14-6-7/h2-3,6H,4-5H2,1H3,(H2,13,14). The zero-order valence-electron chi connectivity index (χ0n) is 9.48. The predicted octanol–water partition coefficient (Wildman–Crippen LogP) is 1.24. The molecular weight excluding hydrogens is 271 g/mol. The molecule has 0 bridgehead atoms. The number of rotatable bonds is 4. The second-order valence-electron chi connectivity index (χ2n) is 3.61. The number of nitrogen functional groups attached to an aromatic ring is 1. The Hall–Kier alpha value is -1.35. The van der Waals surface area contributed by atoms with Gasteiger partial charge >= 0.3 is 6.18 Å². The van der Waals surface area contributed by atoms with Crippen LogP contribution in [0.15, 0.2) is 23.2 Å². The number of nitrogens with zero attached hydrogens (tertiary/aromatic N) is 2. The van der Waals surface area contributed by atoms with E-state index in [9.17, 15) is 21.6 Å². The van der Waals surface area contributed by atoms with Gasteiger partial charge in [-0.05, 0) is 12.1 Å². The van der Waals surface area contributed by atoms with Gasteiger partial charge in [-0.25, -0.2) is 17.7 Å². The molecule has 102 valence electrons. The first-order valence-corrected chi connectivity index (χ1v) is 6.31. The van der Waals surface area contributed by atoms with Crippen LogP contribution in [0.25, 0.3) is 0 Å². The third kappa shape index (κ3) is 3.84. The van der Waals surface area contributed by atoms with E-state index in [2.05, 4.69) is 4.98 Å². The number of nitrogens with two attached hydrogens (primary N) is 1. The fraction of sp³-hybridized carbons (Fsp3) is 0.444. The van der Waals surface area contributed by atoms with E-state index in [1.54, 1.807) is 0 Å². The molecule has 0 radical (unpaired) electrons. The zero-order valence-corrected chi connectivity index (χ0v) is 10.3. The molecule has 1 aromatic rings. The van der Waals surface area contributed by atoms with Crippen LogP contribution in [0.5, 0.6) is 0 Å². The summed E-state index contributed by atoms with van der Waals surface area (Å²) in [7, 11) is -2.88. The summed E-state index contributed by atoms with van der Waals surface area (Å²) in [4.78, 5) is 3.39. The monoisotopic (exact) mass is 283 g/mol. The first-order chi connectivity index (χ1) is 8.13. The molecule has 0 spiro atoms. The summed E-state index contributed by atoms with van der Waals surface area (Å²) in [5.41, 5.74) is 5.29. The van der Waals surface area contributed by atoms with E-state index in [0.29, 0.717) is 4.31 Å². The molecule has 0 aliphatic carbocycles. The number of alkyl halides is 3. The number of hydrogen-bond donors (Lipinski definition) is 1. The second kappa shape index (κ2) is 5.11. The lowest BCUT2D eigenvalue weighted by Crippen LogP contribution is -2.30. The van der Waals surface area contributed by atoms with E-state index in [1.807, 2.05) is 0 Å². The van der Waals surface area contributed by atoms with Crippen molar-refractivity contribution in [3.8, 4) is 0 Å². The topological polar surface area (TPSA) is 76.3 Å². The first kappa shape index (κ1) is 14.7. The normalized spacial score (nSPS) is 12.9. The molecule has 2 N–H and O–H groups in total. The van der Waals surface area contributed by atoms with Crippen LogP contribution in [0, 0.1) is 0 Å². The minimum atomic E-state index is -4.40. The van der Waals surface area contributed by atoms with E-state index >= 15 is 0 Å². The Labute approximate surface area is 102 Å². The Morgan fingerprint density at radius 1 is 1.39 bits per heavy atom.